The number of nitrogens with one attached hydrogen (secondary N) is 2. The van der Waals surface area contributed by atoms with Gasteiger partial charge in [0.1, 0.15) is 5.25 Å². The summed E-state index contributed by atoms with van der Waals surface area (Å²) in [5.74, 6) is -1.24. The first-order chi connectivity index (χ1) is 16.8. The fourth-order valence-corrected chi connectivity index (χ4v) is 4.16. The van der Waals surface area contributed by atoms with Gasteiger partial charge in [0.25, 0.3) is 11.1 Å². The molecule has 35 heavy (non-hydrogen) atoms. The first kappa shape index (κ1) is 26.0. The lowest BCUT2D eigenvalue weighted by molar-refractivity contribution is -0.136. The number of ether oxygens (including phenoxy) is 1. The number of thioether (sulfide) groups is 1. The fourth-order valence-electron chi connectivity index (χ4n) is 2.90. The molecule has 0 aliphatic carbocycles. The van der Waals surface area contributed by atoms with E-state index >= 15 is 0 Å². The number of amides is 1. The lowest BCUT2D eigenvalue weighted by atomic mass is 10.2. The largest absolute Gasteiger partial charge is 0.480 e. The van der Waals surface area contributed by atoms with Crippen molar-refractivity contribution in [2.24, 2.45) is 0 Å². The van der Waals surface area contributed by atoms with E-state index in [-0.39, 0.29) is 24.1 Å². The number of thiocarbonyl (C=S) groups is 1. The average Bonchev–Trinajstić information content (AvgIpc) is 2.85. The molecular formula is C25H20ClN3O4S2. The molecule has 1 amide bonds. The van der Waals surface area contributed by atoms with Crippen LogP contribution in [0.1, 0.15) is 22.3 Å². The van der Waals surface area contributed by atoms with E-state index in [0.717, 1.165) is 4.90 Å². The van der Waals surface area contributed by atoms with Crippen molar-refractivity contribution in [3.63, 3.8) is 0 Å². The van der Waals surface area contributed by atoms with Gasteiger partial charge in [-0.3, -0.25) is 9.59 Å². The van der Waals surface area contributed by atoms with E-state index in [1.165, 1.54) is 11.8 Å². The average molecular weight is 526 g/mol. The van der Waals surface area contributed by atoms with Gasteiger partial charge in [0, 0.05) is 33.3 Å². The molecule has 0 saturated heterocycles. The fraction of sp³-hybridized carbons (Fsp3) is 0.120. The minimum atomic E-state index is -0.973. The highest BCUT2D eigenvalue weighted by molar-refractivity contribution is 8.00. The first-order valence-electron chi connectivity index (χ1n) is 10.3. The summed E-state index contributed by atoms with van der Waals surface area (Å²) >= 11 is 12.2. The quantitative estimate of drug-likeness (QED) is 0.237. The van der Waals surface area contributed by atoms with Crippen LogP contribution >= 0.6 is 35.6 Å². The summed E-state index contributed by atoms with van der Waals surface area (Å²) in [6, 6.07) is 22.2. The minimum absolute atomic E-state index is 0.0926. The Balaban J connectivity index is 1.49. The molecule has 0 aromatic heterocycles. The van der Waals surface area contributed by atoms with Gasteiger partial charge in [0.05, 0.1) is 18.2 Å². The standard InChI is InChI=1S/C25H20ClN3O4S2/c26-18-6-4-17(5-7-18)23(30)28-19-8-10-21(11-9-19)35-22(24(31)32)12-13-33-25(34)29-20-3-1-2-16(14-20)15-27/h1-11,14,22H,12-13H2,(H,28,30)(H,29,34)(H,31,32). The number of hydrogen-bond donors (Lipinski definition) is 3. The summed E-state index contributed by atoms with van der Waals surface area (Å²) in [5, 5.41) is 24.1. The van der Waals surface area contributed by atoms with E-state index in [1.54, 1.807) is 72.8 Å². The van der Waals surface area contributed by atoms with E-state index in [2.05, 4.69) is 10.6 Å². The Morgan fingerprint density at radius 2 is 1.77 bits per heavy atom. The topological polar surface area (TPSA) is 111 Å². The highest BCUT2D eigenvalue weighted by Crippen LogP contribution is 2.27. The molecule has 10 heteroatoms. The van der Waals surface area contributed by atoms with Gasteiger partial charge in [-0.1, -0.05) is 17.7 Å². The molecule has 3 N–H and O–H groups in total. The molecule has 0 aliphatic rings. The summed E-state index contributed by atoms with van der Waals surface area (Å²) in [6.07, 6.45) is 0.217. The van der Waals surface area contributed by atoms with E-state index in [0.29, 0.717) is 27.5 Å². The summed E-state index contributed by atoms with van der Waals surface area (Å²) in [6.45, 7) is 0.100. The summed E-state index contributed by atoms with van der Waals surface area (Å²) in [5.41, 5.74) is 2.16. The van der Waals surface area contributed by atoms with Gasteiger partial charge in [-0.25, -0.2) is 0 Å². The van der Waals surface area contributed by atoms with Crippen molar-refractivity contribution in [2.45, 2.75) is 16.6 Å². The van der Waals surface area contributed by atoms with Gasteiger partial charge in [-0.15, -0.1) is 11.8 Å². The van der Waals surface area contributed by atoms with Gasteiger partial charge >= 0.3 is 5.97 Å². The van der Waals surface area contributed by atoms with Crippen LogP contribution in [0.4, 0.5) is 11.4 Å². The van der Waals surface area contributed by atoms with Crippen molar-refractivity contribution >= 4 is 64.0 Å². The minimum Gasteiger partial charge on any atom is -0.480 e. The smallest absolute Gasteiger partial charge is 0.317 e. The second-order valence-electron chi connectivity index (χ2n) is 7.17. The maximum atomic E-state index is 12.3. The lowest BCUT2D eigenvalue weighted by Gasteiger charge is -2.14. The summed E-state index contributed by atoms with van der Waals surface area (Å²) in [4.78, 5) is 24.8. The normalized spacial score (nSPS) is 11.1. The second kappa shape index (κ2) is 12.8. The van der Waals surface area contributed by atoms with Crippen molar-refractivity contribution < 1.29 is 19.4 Å². The number of hydrogen-bond acceptors (Lipinski definition) is 6. The SMILES string of the molecule is N#Cc1cccc(NC(=S)OCCC(Sc2ccc(NC(=O)c3ccc(Cl)cc3)cc2)C(=O)O)c1. The molecule has 3 aromatic carbocycles. The van der Waals surface area contributed by atoms with Crippen LogP contribution in [-0.2, 0) is 9.53 Å². The van der Waals surface area contributed by atoms with E-state index < -0.39 is 11.2 Å². The number of anilines is 2. The van der Waals surface area contributed by atoms with Crippen LogP contribution in [-0.4, -0.2) is 34.0 Å². The predicted molar refractivity (Wildman–Crippen MR) is 141 cm³/mol. The Labute approximate surface area is 217 Å². The van der Waals surface area contributed by atoms with Crippen LogP contribution in [0.2, 0.25) is 5.02 Å². The Kier molecular flexibility index (Phi) is 9.49. The molecule has 3 rings (SSSR count). The molecule has 0 fully saturated rings. The Hall–Kier alpha value is -3.58. The van der Waals surface area contributed by atoms with Crippen molar-refractivity contribution in [3.05, 3.63) is 88.9 Å². The zero-order chi connectivity index (χ0) is 25.2. The van der Waals surface area contributed by atoms with E-state index in [1.807, 2.05) is 6.07 Å². The van der Waals surface area contributed by atoms with Crippen LogP contribution in [0.25, 0.3) is 0 Å². The molecule has 1 unspecified atom stereocenters. The zero-order valence-electron chi connectivity index (χ0n) is 18.2. The number of carbonyl (C=O) groups excluding carboxylic acids is 1. The van der Waals surface area contributed by atoms with Gasteiger partial charge < -0.3 is 20.5 Å². The Morgan fingerprint density at radius 3 is 2.43 bits per heavy atom. The predicted octanol–water partition coefficient (Wildman–Crippen LogP) is 5.81. The summed E-state index contributed by atoms with van der Waals surface area (Å²) in [7, 11) is 0. The van der Waals surface area contributed by atoms with Gasteiger partial charge in [0.15, 0.2) is 0 Å². The molecule has 7 nitrogen and oxygen atoms in total. The maximum Gasteiger partial charge on any atom is 0.317 e. The lowest BCUT2D eigenvalue weighted by Crippen LogP contribution is -2.21. The number of carboxylic acids is 1. The highest BCUT2D eigenvalue weighted by atomic mass is 35.5. The molecule has 1 atom stereocenters. The molecule has 0 heterocycles. The van der Waals surface area contributed by atoms with Crippen molar-refractivity contribution in [1.29, 1.82) is 5.26 Å². The maximum absolute atomic E-state index is 12.3. The van der Waals surface area contributed by atoms with Gasteiger partial charge in [-0.05, 0) is 78.9 Å². The summed E-state index contributed by atoms with van der Waals surface area (Å²) < 4.78 is 5.46. The number of nitrogens with zero attached hydrogens (tertiary/aromatic N) is 1. The Morgan fingerprint density at radius 1 is 1.06 bits per heavy atom. The number of aliphatic carboxylic acids is 1. The molecule has 3 aromatic rings. The van der Waals surface area contributed by atoms with Crippen LogP contribution in [0, 0.1) is 11.3 Å². The van der Waals surface area contributed by atoms with E-state index in [4.69, 9.17) is 33.8 Å². The van der Waals surface area contributed by atoms with Crippen molar-refractivity contribution in [3.8, 4) is 6.07 Å². The molecule has 0 bridgehead atoms. The van der Waals surface area contributed by atoms with Crippen LogP contribution in [0.3, 0.4) is 0 Å². The Bertz CT molecular complexity index is 1240. The third-order valence-corrected chi connectivity index (χ3v) is 6.36. The molecule has 0 aliphatic heterocycles. The first-order valence-corrected chi connectivity index (χ1v) is 12.0. The monoisotopic (exact) mass is 525 g/mol. The molecule has 0 saturated carbocycles. The third-order valence-electron chi connectivity index (χ3n) is 4.62. The highest BCUT2D eigenvalue weighted by Gasteiger charge is 2.19. The number of halogens is 1. The molecular weight excluding hydrogens is 506 g/mol. The molecule has 0 spiro atoms. The number of nitriles is 1. The van der Waals surface area contributed by atoms with Crippen LogP contribution in [0.15, 0.2) is 77.7 Å². The second-order valence-corrected chi connectivity index (χ2v) is 9.26. The van der Waals surface area contributed by atoms with Crippen molar-refractivity contribution in [1.82, 2.24) is 0 Å². The van der Waals surface area contributed by atoms with Crippen LogP contribution in [0.5, 0.6) is 0 Å². The van der Waals surface area contributed by atoms with Gasteiger partial charge in [-0.2, -0.15) is 5.26 Å². The molecule has 0 radical (unpaired) electrons. The number of benzene rings is 3. The molecule has 178 valence electrons. The van der Waals surface area contributed by atoms with Gasteiger partial charge in [0.2, 0.25) is 0 Å². The third kappa shape index (κ3) is 8.30. The number of rotatable bonds is 9. The number of carbonyl (C=O) groups is 2. The van der Waals surface area contributed by atoms with E-state index in [9.17, 15) is 14.7 Å². The zero-order valence-corrected chi connectivity index (χ0v) is 20.6. The van der Waals surface area contributed by atoms with Crippen molar-refractivity contribution in [2.75, 3.05) is 17.2 Å². The van der Waals surface area contributed by atoms with Crippen LogP contribution < -0.4 is 10.6 Å². The number of carboxylic acid groups (broad SMARTS) is 1.